The lowest BCUT2D eigenvalue weighted by molar-refractivity contribution is -0.138. The Morgan fingerprint density at radius 2 is 2.00 bits per heavy atom. The number of Topliss-reactive ketones (excluding diaryl/α,β-unsaturated/α-hetero) is 1. The summed E-state index contributed by atoms with van der Waals surface area (Å²) in [5.74, 6) is -1.62. The van der Waals surface area contributed by atoms with Gasteiger partial charge in [0, 0.05) is 32.7 Å². The van der Waals surface area contributed by atoms with E-state index in [0.717, 1.165) is 0 Å². The number of carbonyl (C=O) groups excluding carboxylic acids is 4. The molecular formula is C14H23N3O5. The van der Waals surface area contributed by atoms with Gasteiger partial charge in [-0.1, -0.05) is 6.92 Å². The van der Waals surface area contributed by atoms with Crippen LogP contribution in [0.4, 0.5) is 0 Å². The molecule has 22 heavy (non-hydrogen) atoms. The van der Waals surface area contributed by atoms with Crippen LogP contribution in [0.3, 0.4) is 0 Å². The number of nitrogens with two attached hydrogens (primary N) is 1. The second-order valence-corrected chi connectivity index (χ2v) is 5.47. The number of nitrogens with zero attached hydrogens (tertiary/aromatic N) is 1. The predicted molar refractivity (Wildman–Crippen MR) is 77.5 cm³/mol. The molecule has 0 bridgehead atoms. The number of amides is 3. The van der Waals surface area contributed by atoms with Crippen molar-refractivity contribution in [3.05, 3.63) is 0 Å². The Kier molecular flexibility index (Phi) is 6.48. The lowest BCUT2D eigenvalue weighted by Gasteiger charge is -2.24. The first-order chi connectivity index (χ1) is 10.3. The molecule has 1 aliphatic rings. The summed E-state index contributed by atoms with van der Waals surface area (Å²) >= 11 is 0. The van der Waals surface area contributed by atoms with E-state index in [9.17, 15) is 24.3 Å². The summed E-state index contributed by atoms with van der Waals surface area (Å²) in [6.07, 6.45) is -0.0257. The number of nitrogens with one attached hydrogen (secondary N) is 1. The van der Waals surface area contributed by atoms with E-state index in [0.29, 0.717) is 6.42 Å². The fourth-order valence-electron chi connectivity index (χ4n) is 2.45. The predicted octanol–water partition coefficient (Wildman–Crippen LogP) is -1.30. The number of hydrogen-bond donors (Lipinski definition) is 3. The molecule has 1 rings (SSSR count). The Hall–Kier alpha value is -1.96. The van der Waals surface area contributed by atoms with E-state index in [1.54, 1.807) is 6.92 Å². The second kappa shape index (κ2) is 7.88. The van der Waals surface area contributed by atoms with E-state index in [1.165, 1.54) is 11.8 Å². The molecule has 1 heterocycles. The van der Waals surface area contributed by atoms with Crippen LogP contribution in [0.25, 0.3) is 0 Å². The molecule has 124 valence electrons. The van der Waals surface area contributed by atoms with Gasteiger partial charge in [0.1, 0.15) is 17.9 Å². The largest absolute Gasteiger partial charge is 0.391 e. The van der Waals surface area contributed by atoms with Crippen molar-refractivity contribution in [1.29, 1.82) is 0 Å². The molecule has 8 nitrogen and oxygen atoms in total. The van der Waals surface area contributed by atoms with Crippen molar-refractivity contribution in [3.8, 4) is 0 Å². The van der Waals surface area contributed by atoms with Crippen molar-refractivity contribution < 1.29 is 24.3 Å². The monoisotopic (exact) mass is 313 g/mol. The number of hydrogen-bond acceptors (Lipinski definition) is 5. The van der Waals surface area contributed by atoms with Crippen LogP contribution in [0, 0.1) is 0 Å². The summed E-state index contributed by atoms with van der Waals surface area (Å²) in [5.41, 5.74) is 5.24. The van der Waals surface area contributed by atoms with E-state index in [2.05, 4.69) is 5.32 Å². The molecule has 0 aromatic carbocycles. The summed E-state index contributed by atoms with van der Waals surface area (Å²) in [6, 6.07) is -1.79. The molecule has 1 saturated heterocycles. The molecule has 0 saturated carbocycles. The van der Waals surface area contributed by atoms with Crippen LogP contribution in [-0.2, 0) is 19.2 Å². The molecular weight excluding hydrogens is 290 g/mol. The molecule has 4 N–H and O–H groups in total. The Bertz CT molecular complexity index is 465. The molecule has 1 aliphatic heterocycles. The average molecular weight is 313 g/mol. The van der Waals surface area contributed by atoms with Crippen molar-refractivity contribution in [1.82, 2.24) is 10.2 Å². The molecule has 1 fully saturated rings. The zero-order chi connectivity index (χ0) is 16.9. The van der Waals surface area contributed by atoms with Crippen LogP contribution in [0.1, 0.15) is 39.5 Å². The van der Waals surface area contributed by atoms with Gasteiger partial charge in [0.05, 0.1) is 6.10 Å². The van der Waals surface area contributed by atoms with Crippen molar-refractivity contribution in [2.75, 3.05) is 6.54 Å². The number of aliphatic hydroxyl groups excluding tert-OH is 1. The summed E-state index contributed by atoms with van der Waals surface area (Å²) in [5, 5.41) is 12.1. The Labute approximate surface area is 129 Å². The minimum Gasteiger partial charge on any atom is -0.391 e. The maximum Gasteiger partial charge on any atom is 0.243 e. The number of β-amino-alcohol motifs (C(OH)–C–C–N with tert-alkyl or cyclic N) is 1. The van der Waals surface area contributed by atoms with E-state index in [1.807, 2.05) is 0 Å². The van der Waals surface area contributed by atoms with Crippen molar-refractivity contribution in [2.24, 2.45) is 5.73 Å². The third-order valence-corrected chi connectivity index (χ3v) is 3.75. The van der Waals surface area contributed by atoms with Gasteiger partial charge in [0.25, 0.3) is 0 Å². The summed E-state index contributed by atoms with van der Waals surface area (Å²) in [4.78, 5) is 47.7. The minimum atomic E-state index is -0.963. The number of likely N-dealkylation sites (tertiary alicyclic amines) is 1. The fourth-order valence-corrected chi connectivity index (χ4v) is 2.45. The van der Waals surface area contributed by atoms with Crippen LogP contribution < -0.4 is 11.1 Å². The van der Waals surface area contributed by atoms with E-state index in [-0.39, 0.29) is 37.5 Å². The Balaban J connectivity index is 2.68. The fraction of sp³-hybridized carbons (Fsp3) is 0.714. The number of carbonyl (C=O) groups is 4. The summed E-state index contributed by atoms with van der Waals surface area (Å²) < 4.78 is 0. The first-order valence-corrected chi connectivity index (χ1v) is 7.32. The normalized spacial score (nSPS) is 22.2. The zero-order valence-corrected chi connectivity index (χ0v) is 12.9. The number of primary amides is 1. The quantitative estimate of drug-likeness (QED) is 0.538. The van der Waals surface area contributed by atoms with Gasteiger partial charge in [0.2, 0.25) is 17.7 Å². The van der Waals surface area contributed by atoms with E-state index >= 15 is 0 Å². The second-order valence-electron chi connectivity index (χ2n) is 5.47. The maximum absolute atomic E-state index is 12.2. The molecule has 0 aliphatic carbocycles. The lowest BCUT2D eigenvalue weighted by Crippen LogP contribution is -2.52. The molecule has 0 aromatic heterocycles. The third kappa shape index (κ3) is 4.80. The van der Waals surface area contributed by atoms with E-state index < -0.39 is 30.0 Å². The van der Waals surface area contributed by atoms with Gasteiger partial charge < -0.3 is 21.1 Å². The topological polar surface area (TPSA) is 130 Å². The molecule has 0 unspecified atom stereocenters. The van der Waals surface area contributed by atoms with Crippen molar-refractivity contribution >= 4 is 23.5 Å². The maximum atomic E-state index is 12.2. The van der Waals surface area contributed by atoms with Gasteiger partial charge in [-0.15, -0.1) is 0 Å². The van der Waals surface area contributed by atoms with Gasteiger partial charge in [-0.25, -0.2) is 0 Å². The van der Waals surface area contributed by atoms with Crippen LogP contribution in [0.15, 0.2) is 0 Å². The van der Waals surface area contributed by atoms with Gasteiger partial charge in [-0.05, 0) is 6.42 Å². The highest BCUT2D eigenvalue weighted by Crippen LogP contribution is 2.18. The Morgan fingerprint density at radius 3 is 2.50 bits per heavy atom. The highest BCUT2D eigenvalue weighted by Gasteiger charge is 2.38. The molecule has 3 atom stereocenters. The number of ketones is 1. The minimum absolute atomic E-state index is 0.0258. The number of aliphatic hydroxyl groups is 1. The molecule has 0 radical (unpaired) electrons. The highest BCUT2D eigenvalue weighted by atomic mass is 16.3. The van der Waals surface area contributed by atoms with Crippen molar-refractivity contribution in [3.63, 3.8) is 0 Å². The summed E-state index contributed by atoms with van der Waals surface area (Å²) in [7, 11) is 0. The van der Waals surface area contributed by atoms with Crippen LogP contribution in [0.2, 0.25) is 0 Å². The van der Waals surface area contributed by atoms with Crippen LogP contribution in [0.5, 0.6) is 0 Å². The van der Waals surface area contributed by atoms with E-state index in [4.69, 9.17) is 5.73 Å². The van der Waals surface area contributed by atoms with Crippen LogP contribution in [-0.4, -0.2) is 58.2 Å². The van der Waals surface area contributed by atoms with Gasteiger partial charge in [-0.3, -0.25) is 19.2 Å². The third-order valence-electron chi connectivity index (χ3n) is 3.75. The Morgan fingerprint density at radius 1 is 1.36 bits per heavy atom. The molecule has 0 aromatic rings. The molecule has 3 amide bonds. The van der Waals surface area contributed by atoms with Gasteiger partial charge in [-0.2, -0.15) is 0 Å². The van der Waals surface area contributed by atoms with Gasteiger partial charge >= 0.3 is 0 Å². The molecule has 0 spiro atoms. The van der Waals surface area contributed by atoms with Crippen LogP contribution >= 0.6 is 0 Å². The lowest BCUT2D eigenvalue weighted by atomic mass is 10.1. The smallest absolute Gasteiger partial charge is 0.243 e. The standard InChI is InChI=1S/C14H23N3O5/c1-3-9(19)4-5-11(13(15)21)16-14(22)12-6-10(20)7-17(12)8(2)18/h10-12,20H,3-7H2,1-2H3,(H2,15,21)(H,16,22)/t10-,11-,12+/m1/s1. The highest BCUT2D eigenvalue weighted by molar-refractivity contribution is 5.92. The first kappa shape index (κ1) is 18.1. The zero-order valence-electron chi connectivity index (χ0n) is 12.9. The SMILES string of the molecule is CCC(=O)CC[C@@H](NC(=O)[C@@H]1C[C@@H](O)CN1C(C)=O)C(N)=O. The van der Waals surface area contributed by atoms with Crippen molar-refractivity contribution in [2.45, 2.75) is 57.7 Å². The summed E-state index contributed by atoms with van der Waals surface area (Å²) in [6.45, 7) is 3.11. The first-order valence-electron chi connectivity index (χ1n) is 7.32. The average Bonchev–Trinajstić information content (AvgIpc) is 2.84. The molecule has 8 heteroatoms. The van der Waals surface area contributed by atoms with Gasteiger partial charge in [0.15, 0.2) is 0 Å². The number of rotatable bonds is 7.